The van der Waals surface area contributed by atoms with Crippen LogP contribution in [0.2, 0.25) is 0 Å². The van der Waals surface area contributed by atoms with Crippen LogP contribution in [0.1, 0.15) is 0 Å². The van der Waals surface area contributed by atoms with Crippen LogP contribution in [0.15, 0.2) is 0 Å². The standard InChI is InChI=1S/C8H14N2O6/c1-10(3-6(12)16-2)8(15)9-5(4-11)7(13)14/h5,11H,3-4H2,1-2H3,(H,9,15)(H,13,14)/t5-/m0/s1. The molecule has 0 saturated carbocycles. The van der Waals surface area contributed by atoms with Gasteiger partial charge in [0.1, 0.15) is 6.54 Å². The molecule has 0 heterocycles. The van der Waals surface area contributed by atoms with Crippen LogP contribution < -0.4 is 5.32 Å². The van der Waals surface area contributed by atoms with Crippen LogP contribution >= 0.6 is 0 Å². The van der Waals surface area contributed by atoms with Gasteiger partial charge in [-0.15, -0.1) is 0 Å². The van der Waals surface area contributed by atoms with Gasteiger partial charge in [-0.3, -0.25) is 4.79 Å². The number of aliphatic hydroxyl groups is 1. The predicted octanol–water partition coefficient (Wildman–Crippen LogP) is -1.75. The average Bonchev–Trinajstić information content (AvgIpc) is 2.24. The van der Waals surface area contributed by atoms with E-state index in [1.807, 2.05) is 5.32 Å². The Bertz CT molecular complexity index is 280. The fraction of sp³-hybridized carbons (Fsp3) is 0.625. The van der Waals surface area contributed by atoms with Gasteiger partial charge in [-0.2, -0.15) is 0 Å². The highest BCUT2D eigenvalue weighted by atomic mass is 16.5. The summed E-state index contributed by atoms with van der Waals surface area (Å²) in [5.41, 5.74) is 0. The molecule has 0 aliphatic rings. The molecule has 0 bridgehead atoms. The molecular formula is C8H14N2O6. The Kier molecular flexibility index (Phi) is 5.86. The number of amides is 2. The van der Waals surface area contributed by atoms with Crippen molar-refractivity contribution in [3.63, 3.8) is 0 Å². The van der Waals surface area contributed by atoms with Crippen LogP contribution in [0.25, 0.3) is 0 Å². The Morgan fingerprint density at radius 2 is 2.00 bits per heavy atom. The van der Waals surface area contributed by atoms with Crippen molar-refractivity contribution in [1.82, 2.24) is 10.2 Å². The summed E-state index contributed by atoms with van der Waals surface area (Å²) < 4.78 is 4.32. The van der Waals surface area contributed by atoms with Crippen molar-refractivity contribution in [3.8, 4) is 0 Å². The van der Waals surface area contributed by atoms with Crippen LogP contribution in [-0.4, -0.2) is 66.4 Å². The van der Waals surface area contributed by atoms with E-state index < -0.39 is 30.6 Å². The van der Waals surface area contributed by atoms with E-state index in [1.54, 1.807) is 0 Å². The molecule has 1 atom stereocenters. The van der Waals surface area contributed by atoms with Crippen LogP contribution in [-0.2, 0) is 14.3 Å². The molecule has 0 spiro atoms. The van der Waals surface area contributed by atoms with Gasteiger partial charge < -0.3 is 25.2 Å². The number of nitrogens with one attached hydrogen (secondary N) is 1. The highest BCUT2D eigenvalue weighted by Crippen LogP contribution is 1.90. The molecule has 8 nitrogen and oxygen atoms in total. The van der Waals surface area contributed by atoms with E-state index in [0.717, 1.165) is 4.90 Å². The molecule has 16 heavy (non-hydrogen) atoms. The van der Waals surface area contributed by atoms with Crippen molar-refractivity contribution in [1.29, 1.82) is 0 Å². The van der Waals surface area contributed by atoms with Crippen molar-refractivity contribution in [2.24, 2.45) is 0 Å². The van der Waals surface area contributed by atoms with Gasteiger partial charge in [-0.05, 0) is 0 Å². The maximum atomic E-state index is 11.3. The maximum absolute atomic E-state index is 11.3. The molecular weight excluding hydrogens is 220 g/mol. The van der Waals surface area contributed by atoms with E-state index in [1.165, 1.54) is 14.2 Å². The summed E-state index contributed by atoms with van der Waals surface area (Å²) >= 11 is 0. The fourth-order valence-corrected chi connectivity index (χ4v) is 0.775. The number of carboxylic acid groups (broad SMARTS) is 1. The zero-order valence-electron chi connectivity index (χ0n) is 8.97. The Balaban J connectivity index is 4.23. The summed E-state index contributed by atoms with van der Waals surface area (Å²) in [6.07, 6.45) is 0. The zero-order valence-corrected chi connectivity index (χ0v) is 8.97. The summed E-state index contributed by atoms with van der Waals surface area (Å²) in [5, 5.41) is 19.2. The SMILES string of the molecule is COC(=O)CN(C)C(=O)N[C@@H](CO)C(=O)O. The second-order valence-corrected chi connectivity index (χ2v) is 2.96. The first-order valence-electron chi connectivity index (χ1n) is 4.34. The Labute approximate surface area is 91.8 Å². The van der Waals surface area contributed by atoms with Crippen molar-refractivity contribution in [2.45, 2.75) is 6.04 Å². The minimum Gasteiger partial charge on any atom is -0.480 e. The molecule has 0 unspecified atom stereocenters. The van der Waals surface area contributed by atoms with Gasteiger partial charge in [0, 0.05) is 7.05 Å². The van der Waals surface area contributed by atoms with Gasteiger partial charge in [-0.1, -0.05) is 0 Å². The Morgan fingerprint density at radius 3 is 2.38 bits per heavy atom. The number of hydrogen-bond acceptors (Lipinski definition) is 5. The summed E-state index contributed by atoms with van der Waals surface area (Å²) in [6, 6.07) is -2.18. The van der Waals surface area contributed by atoms with Gasteiger partial charge in [0.15, 0.2) is 6.04 Å². The predicted molar refractivity (Wildman–Crippen MR) is 51.7 cm³/mol. The number of aliphatic carboxylic acids is 1. The lowest BCUT2D eigenvalue weighted by Gasteiger charge is -2.19. The molecule has 0 rings (SSSR count). The maximum Gasteiger partial charge on any atom is 0.328 e. The molecule has 0 aromatic heterocycles. The average molecular weight is 234 g/mol. The van der Waals surface area contributed by atoms with Crippen LogP contribution in [0.5, 0.6) is 0 Å². The first-order chi connectivity index (χ1) is 7.42. The van der Waals surface area contributed by atoms with E-state index in [0.29, 0.717) is 0 Å². The Morgan fingerprint density at radius 1 is 1.44 bits per heavy atom. The second kappa shape index (κ2) is 6.62. The lowest BCUT2D eigenvalue weighted by Crippen LogP contribution is -2.49. The number of aliphatic hydroxyl groups excluding tert-OH is 1. The van der Waals surface area contributed by atoms with Gasteiger partial charge >= 0.3 is 18.0 Å². The molecule has 0 aromatic carbocycles. The first kappa shape index (κ1) is 14.2. The molecule has 0 fully saturated rings. The quantitative estimate of drug-likeness (QED) is 0.485. The number of carboxylic acids is 1. The van der Waals surface area contributed by atoms with E-state index in [4.69, 9.17) is 10.2 Å². The normalized spacial score (nSPS) is 11.4. The number of methoxy groups -OCH3 is 1. The lowest BCUT2D eigenvalue weighted by molar-refractivity contribution is -0.141. The minimum atomic E-state index is -1.40. The third-order valence-electron chi connectivity index (χ3n) is 1.72. The van der Waals surface area contributed by atoms with Crippen LogP contribution in [0, 0.1) is 0 Å². The molecule has 0 radical (unpaired) electrons. The molecule has 0 saturated heterocycles. The van der Waals surface area contributed by atoms with E-state index in [2.05, 4.69) is 4.74 Å². The number of carbonyl (C=O) groups is 3. The number of ether oxygens (including phenoxy) is 1. The van der Waals surface area contributed by atoms with Crippen LogP contribution in [0.4, 0.5) is 4.79 Å². The van der Waals surface area contributed by atoms with Crippen molar-refractivity contribution in [3.05, 3.63) is 0 Å². The highest BCUT2D eigenvalue weighted by molar-refractivity contribution is 5.85. The number of likely N-dealkylation sites (N-methyl/N-ethyl adjacent to an activating group) is 1. The van der Waals surface area contributed by atoms with Crippen molar-refractivity contribution < 1.29 is 29.3 Å². The number of hydrogen-bond donors (Lipinski definition) is 3. The summed E-state index contributed by atoms with van der Waals surface area (Å²) in [4.78, 5) is 33.5. The summed E-state index contributed by atoms with van der Waals surface area (Å²) in [6.45, 7) is -1.03. The minimum absolute atomic E-state index is 0.305. The third-order valence-corrected chi connectivity index (χ3v) is 1.72. The van der Waals surface area contributed by atoms with E-state index >= 15 is 0 Å². The molecule has 0 aromatic rings. The third kappa shape index (κ3) is 4.60. The van der Waals surface area contributed by atoms with E-state index in [-0.39, 0.29) is 6.54 Å². The lowest BCUT2D eigenvalue weighted by atomic mass is 10.3. The van der Waals surface area contributed by atoms with Crippen molar-refractivity contribution in [2.75, 3.05) is 27.3 Å². The molecule has 2 amide bonds. The largest absolute Gasteiger partial charge is 0.480 e. The zero-order chi connectivity index (χ0) is 12.7. The van der Waals surface area contributed by atoms with Gasteiger partial charge in [0.05, 0.1) is 13.7 Å². The summed E-state index contributed by atoms with van der Waals surface area (Å²) in [7, 11) is 2.46. The molecule has 92 valence electrons. The topological polar surface area (TPSA) is 116 Å². The second-order valence-electron chi connectivity index (χ2n) is 2.96. The molecule has 3 N–H and O–H groups in total. The van der Waals surface area contributed by atoms with Gasteiger partial charge in [0.2, 0.25) is 0 Å². The number of carbonyl (C=O) groups excluding carboxylic acids is 2. The number of esters is 1. The Hall–Kier alpha value is -1.83. The number of nitrogens with zero attached hydrogens (tertiary/aromatic N) is 1. The fourth-order valence-electron chi connectivity index (χ4n) is 0.775. The smallest absolute Gasteiger partial charge is 0.328 e. The molecule has 0 aliphatic heterocycles. The van der Waals surface area contributed by atoms with Crippen LogP contribution in [0.3, 0.4) is 0 Å². The van der Waals surface area contributed by atoms with Crippen molar-refractivity contribution >= 4 is 18.0 Å². The van der Waals surface area contributed by atoms with Gasteiger partial charge in [0.25, 0.3) is 0 Å². The molecule has 0 aliphatic carbocycles. The molecule has 8 heteroatoms. The highest BCUT2D eigenvalue weighted by Gasteiger charge is 2.21. The number of rotatable bonds is 5. The first-order valence-corrected chi connectivity index (χ1v) is 4.34. The number of urea groups is 1. The monoisotopic (exact) mass is 234 g/mol. The summed E-state index contributed by atoms with van der Waals surface area (Å²) in [5.74, 6) is -1.99. The van der Waals surface area contributed by atoms with Gasteiger partial charge in [-0.25, -0.2) is 9.59 Å². The van der Waals surface area contributed by atoms with E-state index in [9.17, 15) is 14.4 Å².